The first-order valence-corrected chi connectivity index (χ1v) is 12.1. The highest BCUT2D eigenvalue weighted by atomic mass is 16.6. The molecule has 1 saturated heterocycles. The Morgan fingerprint density at radius 2 is 1.38 bits per heavy atom. The van der Waals surface area contributed by atoms with E-state index in [1.54, 1.807) is 0 Å². The van der Waals surface area contributed by atoms with Gasteiger partial charge in [0.05, 0.1) is 12.2 Å². The van der Waals surface area contributed by atoms with E-state index in [2.05, 4.69) is 12.2 Å². The molecule has 1 aliphatic heterocycles. The minimum absolute atomic E-state index is 0.137. The van der Waals surface area contributed by atoms with E-state index in [9.17, 15) is 14.7 Å². The minimum Gasteiger partial charge on any atom is -0.480 e. The summed E-state index contributed by atoms with van der Waals surface area (Å²) in [6.45, 7) is 6.18. The van der Waals surface area contributed by atoms with Gasteiger partial charge in [-0.1, -0.05) is 85.0 Å². The van der Waals surface area contributed by atoms with Crippen LogP contribution >= 0.6 is 0 Å². The summed E-state index contributed by atoms with van der Waals surface area (Å²) in [5.41, 5.74) is 0. The van der Waals surface area contributed by atoms with Crippen molar-refractivity contribution in [2.24, 2.45) is 5.92 Å². The van der Waals surface area contributed by atoms with Crippen LogP contribution in [0.25, 0.3) is 0 Å². The van der Waals surface area contributed by atoms with E-state index in [4.69, 9.17) is 4.74 Å². The Hall–Kier alpha value is -1.10. The van der Waals surface area contributed by atoms with E-state index in [1.807, 2.05) is 13.8 Å². The summed E-state index contributed by atoms with van der Waals surface area (Å²) in [5.74, 6) is -0.830. The van der Waals surface area contributed by atoms with Gasteiger partial charge in [-0.25, -0.2) is 4.79 Å². The number of amides is 1. The summed E-state index contributed by atoms with van der Waals surface area (Å²) in [5, 5.41) is 11.8. The lowest BCUT2D eigenvalue weighted by Gasteiger charge is -2.16. The van der Waals surface area contributed by atoms with Gasteiger partial charge in [-0.05, 0) is 31.6 Å². The lowest BCUT2D eigenvalue weighted by molar-refractivity contribution is -0.142. The van der Waals surface area contributed by atoms with Crippen molar-refractivity contribution >= 4 is 11.9 Å². The average molecular weight is 412 g/mol. The maximum Gasteiger partial charge on any atom is 0.326 e. The lowest BCUT2D eigenvalue weighted by Crippen LogP contribution is -2.41. The van der Waals surface area contributed by atoms with Crippen LogP contribution in [0, 0.1) is 5.92 Å². The molecule has 1 rings (SSSR count). The standard InChI is InChI=1S/C24H45NO4/c1-4-5-6-7-9-12-15-21-22(29-21)16-13-10-8-11-14-17-23(26)25-20(24(27)28)18-19(2)3/h19-22H,4-18H2,1-3H3,(H,25,26)(H,27,28)/t20-,21?,22?/m0/s1. The second-order valence-electron chi connectivity index (χ2n) is 9.16. The van der Waals surface area contributed by atoms with Crippen molar-refractivity contribution in [1.29, 1.82) is 0 Å². The molecule has 2 N–H and O–H groups in total. The number of carbonyl (C=O) groups excluding carboxylic acids is 1. The summed E-state index contributed by atoms with van der Waals surface area (Å²) >= 11 is 0. The number of carboxylic acid groups (broad SMARTS) is 1. The van der Waals surface area contributed by atoms with Crippen LogP contribution in [-0.4, -0.2) is 35.2 Å². The van der Waals surface area contributed by atoms with Gasteiger partial charge in [0.2, 0.25) is 5.91 Å². The summed E-state index contributed by atoms with van der Waals surface area (Å²) < 4.78 is 5.79. The molecule has 1 amide bonds. The van der Waals surface area contributed by atoms with Gasteiger partial charge < -0.3 is 15.2 Å². The van der Waals surface area contributed by atoms with E-state index in [0.29, 0.717) is 25.0 Å². The van der Waals surface area contributed by atoms with Gasteiger partial charge in [0.1, 0.15) is 6.04 Å². The molecule has 1 heterocycles. The Bertz CT molecular complexity index is 452. The minimum atomic E-state index is -0.941. The van der Waals surface area contributed by atoms with Crippen molar-refractivity contribution in [3.63, 3.8) is 0 Å². The normalized spacial score (nSPS) is 19.3. The summed E-state index contributed by atoms with van der Waals surface area (Å²) in [6, 6.07) is -0.759. The van der Waals surface area contributed by atoms with E-state index in [0.717, 1.165) is 19.3 Å². The third-order valence-electron chi connectivity index (χ3n) is 5.76. The smallest absolute Gasteiger partial charge is 0.326 e. The summed E-state index contributed by atoms with van der Waals surface area (Å²) in [4.78, 5) is 23.1. The Kier molecular flexibility index (Phi) is 14.0. The molecule has 0 aliphatic carbocycles. The first-order valence-electron chi connectivity index (χ1n) is 12.1. The number of nitrogens with one attached hydrogen (secondary N) is 1. The van der Waals surface area contributed by atoms with E-state index < -0.39 is 12.0 Å². The molecule has 0 radical (unpaired) electrons. The first-order chi connectivity index (χ1) is 13.9. The fourth-order valence-corrected chi connectivity index (χ4v) is 3.93. The fraction of sp³-hybridized carbons (Fsp3) is 0.917. The average Bonchev–Trinajstić information content (AvgIpc) is 3.41. The van der Waals surface area contributed by atoms with Gasteiger partial charge in [-0.2, -0.15) is 0 Å². The first kappa shape index (κ1) is 25.9. The molecule has 0 aromatic heterocycles. The second kappa shape index (κ2) is 15.7. The number of ether oxygens (including phenoxy) is 1. The number of rotatable bonds is 19. The van der Waals surface area contributed by atoms with Crippen LogP contribution in [0.3, 0.4) is 0 Å². The third-order valence-corrected chi connectivity index (χ3v) is 5.76. The predicted octanol–water partition coefficient (Wildman–Crippen LogP) is 5.85. The fourth-order valence-electron chi connectivity index (χ4n) is 3.93. The zero-order valence-electron chi connectivity index (χ0n) is 19.1. The van der Waals surface area contributed by atoms with Crippen LogP contribution in [0.4, 0.5) is 0 Å². The van der Waals surface area contributed by atoms with Gasteiger partial charge in [0.15, 0.2) is 0 Å². The monoisotopic (exact) mass is 411 g/mol. The highest BCUT2D eigenvalue weighted by molar-refractivity contribution is 5.83. The third kappa shape index (κ3) is 13.7. The Morgan fingerprint density at radius 1 is 0.862 bits per heavy atom. The zero-order chi connectivity index (χ0) is 21.5. The van der Waals surface area contributed by atoms with Crippen LogP contribution in [-0.2, 0) is 14.3 Å². The van der Waals surface area contributed by atoms with E-state index in [1.165, 1.54) is 64.2 Å². The lowest BCUT2D eigenvalue weighted by atomic mass is 10.0. The number of hydrogen-bond donors (Lipinski definition) is 2. The molecule has 2 unspecified atom stereocenters. The van der Waals surface area contributed by atoms with Crippen LogP contribution < -0.4 is 5.32 Å². The quantitative estimate of drug-likeness (QED) is 0.206. The maximum absolute atomic E-state index is 11.9. The summed E-state index contributed by atoms with van der Waals surface area (Å²) in [7, 11) is 0. The van der Waals surface area contributed by atoms with E-state index in [-0.39, 0.29) is 11.8 Å². The number of carboxylic acids is 1. The topological polar surface area (TPSA) is 78.9 Å². The Morgan fingerprint density at radius 3 is 1.90 bits per heavy atom. The van der Waals surface area contributed by atoms with Crippen LogP contribution in [0.1, 0.15) is 117 Å². The number of epoxide rings is 1. The second-order valence-corrected chi connectivity index (χ2v) is 9.16. The molecule has 3 atom stereocenters. The van der Waals surface area contributed by atoms with Crippen LogP contribution in [0.15, 0.2) is 0 Å². The molecular formula is C24H45NO4. The van der Waals surface area contributed by atoms with Crippen molar-refractivity contribution < 1.29 is 19.4 Å². The molecule has 0 aromatic rings. The molecule has 0 aromatic carbocycles. The highest BCUT2D eigenvalue weighted by Gasteiger charge is 2.36. The van der Waals surface area contributed by atoms with Gasteiger partial charge >= 0.3 is 5.97 Å². The van der Waals surface area contributed by atoms with Crippen molar-refractivity contribution in [3.8, 4) is 0 Å². The number of aliphatic carboxylic acids is 1. The number of hydrogen-bond acceptors (Lipinski definition) is 3. The van der Waals surface area contributed by atoms with E-state index >= 15 is 0 Å². The Labute approximate surface area is 178 Å². The van der Waals surface area contributed by atoms with Gasteiger partial charge in [-0.3, -0.25) is 4.79 Å². The van der Waals surface area contributed by atoms with Crippen LogP contribution in [0.2, 0.25) is 0 Å². The summed E-state index contributed by atoms with van der Waals surface area (Å²) in [6.07, 6.45) is 17.8. The van der Waals surface area contributed by atoms with Gasteiger partial charge in [0.25, 0.3) is 0 Å². The zero-order valence-corrected chi connectivity index (χ0v) is 19.1. The maximum atomic E-state index is 11.9. The SMILES string of the molecule is CCCCCCCCC1OC1CCCCCCCC(=O)N[C@@H](CC(C)C)C(=O)O. The molecule has 170 valence electrons. The molecule has 0 bridgehead atoms. The predicted molar refractivity (Wildman–Crippen MR) is 118 cm³/mol. The Balaban J connectivity index is 1.91. The van der Waals surface area contributed by atoms with Gasteiger partial charge in [0, 0.05) is 6.42 Å². The van der Waals surface area contributed by atoms with Crippen molar-refractivity contribution in [2.45, 2.75) is 135 Å². The molecule has 5 heteroatoms. The molecule has 1 aliphatic rings. The molecule has 0 spiro atoms. The van der Waals surface area contributed by atoms with Crippen LogP contribution in [0.5, 0.6) is 0 Å². The molecular weight excluding hydrogens is 366 g/mol. The highest BCUT2D eigenvalue weighted by Crippen LogP contribution is 2.31. The number of unbranched alkanes of at least 4 members (excludes halogenated alkanes) is 9. The van der Waals surface area contributed by atoms with Crippen molar-refractivity contribution in [2.75, 3.05) is 0 Å². The molecule has 29 heavy (non-hydrogen) atoms. The molecule has 5 nitrogen and oxygen atoms in total. The molecule has 1 fully saturated rings. The van der Waals surface area contributed by atoms with Gasteiger partial charge in [-0.15, -0.1) is 0 Å². The molecule has 0 saturated carbocycles. The largest absolute Gasteiger partial charge is 0.480 e. The number of carbonyl (C=O) groups is 2. The van der Waals surface area contributed by atoms with Crippen molar-refractivity contribution in [1.82, 2.24) is 5.32 Å². The van der Waals surface area contributed by atoms with Crippen molar-refractivity contribution in [3.05, 3.63) is 0 Å².